The van der Waals surface area contributed by atoms with Gasteiger partial charge in [0.25, 0.3) is 5.91 Å². The van der Waals surface area contributed by atoms with Gasteiger partial charge < -0.3 is 9.47 Å². The predicted octanol–water partition coefficient (Wildman–Crippen LogP) is 4.46. The van der Waals surface area contributed by atoms with E-state index >= 15 is 0 Å². The summed E-state index contributed by atoms with van der Waals surface area (Å²) in [6.07, 6.45) is 0. The molecule has 0 aliphatic carbocycles. The Kier molecular flexibility index (Phi) is 4.96. The Morgan fingerprint density at radius 3 is 2.81 bits per heavy atom. The molecular weight excluding hydrogens is 394 g/mol. The molecule has 4 rings (SSSR count). The first kappa shape index (κ1) is 17.1. The number of amides is 1. The topological polar surface area (TPSA) is 73.3 Å². The Bertz CT molecular complexity index is 947. The van der Waals surface area contributed by atoms with Gasteiger partial charge in [-0.3, -0.25) is 10.1 Å². The second-order valence-electron chi connectivity index (χ2n) is 5.31. The van der Waals surface area contributed by atoms with Gasteiger partial charge in [0, 0.05) is 16.3 Å². The predicted molar refractivity (Wildman–Crippen MR) is 101 cm³/mol. The minimum absolute atomic E-state index is 0.172. The van der Waals surface area contributed by atoms with E-state index in [2.05, 4.69) is 15.5 Å². The number of carbonyl (C=O) groups is 1. The molecular formula is C17H12ClN3O3S2. The number of halogens is 1. The summed E-state index contributed by atoms with van der Waals surface area (Å²) in [6, 6.07) is 12.7. The lowest BCUT2D eigenvalue weighted by atomic mass is 10.2. The van der Waals surface area contributed by atoms with E-state index in [1.807, 2.05) is 24.3 Å². The molecule has 2 heterocycles. The molecule has 0 radical (unpaired) electrons. The maximum atomic E-state index is 12.3. The van der Waals surface area contributed by atoms with Crippen LogP contribution in [0.5, 0.6) is 11.5 Å². The summed E-state index contributed by atoms with van der Waals surface area (Å²) in [4.78, 5) is 12.3. The highest BCUT2D eigenvalue weighted by Crippen LogP contribution is 2.33. The van der Waals surface area contributed by atoms with Crippen LogP contribution in [0.2, 0.25) is 5.02 Å². The van der Waals surface area contributed by atoms with E-state index in [-0.39, 0.29) is 12.7 Å². The van der Waals surface area contributed by atoms with E-state index < -0.39 is 0 Å². The van der Waals surface area contributed by atoms with E-state index in [0.717, 1.165) is 15.7 Å². The molecule has 0 fully saturated rings. The van der Waals surface area contributed by atoms with Crippen molar-refractivity contribution in [3.63, 3.8) is 0 Å². The number of anilines is 1. The molecule has 0 spiro atoms. The van der Waals surface area contributed by atoms with E-state index in [9.17, 15) is 4.79 Å². The Morgan fingerprint density at radius 2 is 1.96 bits per heavy atom. The van der Waals surface area contributed by atoms with Gasteiger partial charge in [0.2, 0.25) is 11.9 Å². The SMILES string of the molecule is O=C(Nc1nnc(SCc2ccc(Cl)cc2)s1)c1ccc2c(c1)OCO2. The molecule has 1 aliphatic rings. The van der Waals surface area contributed by atoms with Gasteiger partial charge in [-0.1, -0.05) is 46.8 Å². The number of rotatable bonds is 5. The molecule has 1 aliphatic heterocycles. The van der Waals surface area contributed by atoms with Crippen LogP contribution < -0.4 is 14.8 Å². The van der Waals surface area contributed by atoms with Gasteiger partial charge in [-0.25, -0.2) is 0 Å². The van der Waals surface area contributed by atoms with Crippen molar-refractivity contribution in [1.29, 1.82) is 0 Å². The molecule has 0 saturated heterocycles. The lowest BCUT2D eigenvalue weighted by molar-refractivity contribution is 0.102. The van der Waals surface area contributed by atoms with Crippen molar-refractivity contribution >= 4 is 45.7 Å². The molecule has 9 heteroatoms. The zero-order valence-corrected chi connectivity index (χ0v) is 15.7. The first-order valence-corrected chi connectivity index (χ1v) is 9.77. The molecule has 0 atom stereocenters. The summed E-state index contributed by atoms with van der Waals surface area (Å²) >= 11 is 8.76. The fourth-order valence-electron chi connectivity index (χ4n) is 2.25. The summed E-state index contributed by atoms with van der Waals surface area (Å²) in [5.41, 5.74) is 1.61. The largest absolute Gasteiger partial charge is 0.454 e. The Balaban J connectivity index is 1.37. The fourth-order valence-corrected chi connectivity index (χ4v) is 4.08. The Morgan fingerprint density at radius 1 is 1.15 bits per heavy atom. The minimum atomic E-state index is -0.270. The van der Waals surface area contributed by atoms with Gasteiger partial charge in [0.1, 0.15) is 0 Å². The number of thioether (sulfide) groups is 1. The fraction of sp³-hybridized carbons (Fsp3) is 0.118. The van der Waals surface area contributed by atoms with Crippen LogP contribution in [0.25, 0.3) is 0 Å². The van der Waals surface area contributed by atoms with Crippen molar-refractivity contribution < 1.29 is 14.3 Å². The van der Waals surface area contributed by atoms with Crippen LogP contribution >= 0.6 is 34.7 Å². The second kappa shape index (κ2) is 7.53. The van der Waals surface area contributed by atoms with Crippen LogP contribution in [0, 0.1) is 0 Å². The molecule has 1 aromatic heterocycles. The summed E-state index contributed by atoms with van der Waals surface area (Å²) < 4.78 is 11.3. The molecule has 6 nitrogen and oxygen atoms in total. The third-order valence-electron chi connectivity index (χ3n) is 3.54. The van der Waals surface area contributed by atoms with Crippen LogP contribution in [0.15, 0.2) is 46.8 Å². The van der Waals surface area contributed by atoms with Crippen LogP contribution in [0.3, 0.4) is 0 Å². The van der Waals surface area contributed by atoms with Crippen molar-refractivity contribution in [2.75, 3.05) is 12.1 Å². The molecule has 0 unspecified atom stereocenters. The number of nitrogens with zero attached hydrogens (tertiary/aromatic N) is 2. The van der Waals surface area contributed by atoms with E-state index in [4.69, 9.17) is 21.1 Å². The molecule has 1 N–H and O–H groups in total. The molecule has 3 aromatic rings. The third-order valence-corrected chi connectivity index (χ3v) is 5.83. The van der Waals surface area contributed by atoms with E-state index in [1.165, 1.54) is 11.3 Å². The zero-order valence-electron chi connectivity index (χ0n) is 13.3. The number of nitrogens with one attached hydrogen (secondary N) is 1. The standard InChI is InChI=1S/C17H12ClN3O3S2/c18-12-4-1-10(2-5-12)8-25-17-21-20-16(26-17)19-15(22)11-3-6-13-14(7-11)24-9-23-13/h1-7H,8-9H2,(H,19,20,22). The highest BCUT2D eigenvalue weighted by molar-refractivity contribution is 8.00. The van der Waals surface area contributed by atoms with Crippen LogP contribution in [-0.4, -0.2) is 22.9 Å². The first-order chi connectivity index (χ1) is 12.7. The van der Waals surface area contributed by atoms with Gasteiger partial charge >= 0.3 is 0 Å². The molecule has 1 amide bonds. The summed E-state index contributed by atoms with van der Waals surface area (Å²) in [5, 5.41) is 12.0. The number of ether oxygens (including phenoxy) is 2. The highest BCUT2D eigenvalue weighted by Gasteiger charge is 2.17. The zero-order chi connectivity index (χ0) is 17.9. The summed E-state index contributed by atoms with van der Waals surface area (Å²) in [5.74, 6) is 1.68. The number of carbonyl (C=O) groups excluding carboxylic acids is 1. The summed E-state index contributed by atoms with van der Waals surface area (Å²) in [6.45, 7) is 0.172. The number of fused-ring (bicyclic) bond motifs is 1. The maximum Gasteiger partial charge on any atom is 0.257 e. The first-order valence-electron chi connectivity index (χ1n) is 7.59. The molecule has 2 aromatic carbocycles. The highest BCUT2D eigenvalue weighted by atomic mass is 35.5. The van der Waals surface area contributed by atoms with Crippen LogP contribution in [-0.2, 0) is 5.75 Å². The summed E-state index contributed by atoms with van der Waals surface area (Å²) in [7, 11) is 0. The van der Waals surface area contributed by atoms with Gasteiger partial charge in [0.05, 0.1) is 0 Å². The van der Waals surface area contributed by atoms with Gasteiger partial charge in [-0.05, 0) is 35.9 Å². The number of aromatic nitrogens is 2. The number of benzene rings is 2. The average molecular weight is 406 g/mol. The smallest absolute Gasteiger partial charge is 0.257 e. The normalized spacial score (nSPS) is 12.2. The monoisotopic (exact) mass is 405 g/mol. The van der Waals surface area contributed by atoms with Crippen molar-refractivity contribution in [3.05, 3.63) is 58.6 Å². The third kappa shape index (κ3) is 3.92. The molecule has 132 valence electrons. The van der Waals surface area contributed by atoms with Gasteiger partial charge in [0.15, 0.2) is 15.8 Å². The van der Waals surface area contributed by atoms with Crippen molar-refractivity contribution in [2.24, 2.45) is 0 Å². The van der Waals surface area contributed by atoms with Crippen molar-refractivity contribution in [1.82, 2.24) is 10.2 Å². The van der Waals surface area contributed by atoms with E-state index in [0.29, 0.717) is 27.2 Å². The van der Waals surface area contributed by atoms with Gasteiger partial charge in [-0.15, -0.1) is 10.2 Å². The average Bonchev–Trinajstić information content (AvgIpc) is 3.29. The van der Waals surface area contributed by atoms with E-state index in [1.54, 1.807) is 30.0 Å². The second-order valence-corrected chi connectivity index (χ2v) is 7.95. The van der Waals surface area contributed by atoms with Crippen LogP contribution in [0.1, 0.15) is 15.9 Å². The van der Waals surface area contributed by atoms with Crippen LogP contribution in [0.4, 0.5) is 5.13 Å². The van der Waals surface area contributed by atoms with Gasteiger partial charge in [-0.2, -0.15) is 0 Å². The number of hydrogen-bond acceptors (Lipinski definition) is 7. The lowest BCUT2D eigenvalue weighted by Crippen LogP contribution is -2.11. The quantitative estimate of drug-likeness (QED) is 0.499. The van der Waals surface area contributed by atoms with Crippen molar-refractivity contribution in [2.45, 2.75) is 10.1 Å². The Hall–Kier alpha value is -2.29. The molecule has 0 bridgehead atoms. The number of hydrogen-bond donors (Lipinski definition) is 1. The lowest BCUT2D eigenvalue weighted by Gasteiger charge is -2.02. The molecule has 26 heavy (non-hydrogen) atoms. The minimum Gasteiger partial charge on any atom is -0.454 e. The Labute approximate surface area is 162 Å². The maximum absolute atomic E-state index is 12.3. The molecule has 0 saturated carbocycles. The van der Waals surface area contributed by atoms with Crippen molar-refractivity contribution in [3.8, 4) is 11.5 Å².